The van der Waals surface area contributed by atoms with E-state index in [1.165, 1.54) is 11.8 Å². The summed E-state index contributed by atoms with van der Waals surface area (Å²) in [6, 6.07) is 14.7. The Kier molecular flexibility index (Phi) is 8.63. The largest absolute Gasteiger partial charge is 0.497 e. The number of halogens is 1. The van der Waals surface area contributed by atoms with E-state index < -0.39 is 0 Å². The number of methoxy groups -OCH3 is 1. The standard InChI is InChI=1S/C20H23N3O3S.ClH/c1-26-16-6-4-5-14(11-16)22-19(24)13-27-18-8-3-2-7-17(18)20(25)23-15-9-10-21-12-15;/h2-8,11,15,21H,9-10,12-13H2,1H3,(H,22,24)(H,23,25);1H. The molecule has 150 valence electrons. The molecule has 3 rings (SSSR count). The summed E-state index contributed by atoms with van der Waals surface area (Å²) in [6.45, 7) is 1.72. The molecule has 1 aliphatic rings. The van der Waals surface area contributed by atoms with Gasteiger partial charge in [0.15, 0.2) is 0 Å². The number of benzene rings is 2. The summed E-state index contributed by atoms with van der Waals surface area (Å²) in [7, 11) is 1.58. The van der Waals surface area contributed by atoms with Crippen molar-refractivity contribution in [1.29, 1.82) is 0 Å². The predicted molar refractivity (Wildman–Crippen MR) is 115 cm³/mol. The van der Waals surface area contributed by atoms with E-state index in [0.717, 1.165) is 24.4 Å². The maximum atomic E-state index is 12.6. The number of thioether (sulfide) groups is 1. The number of hydrogen-bond acceptors (Lipinski definition) is 5. The van der Waals surface area contributed by atoms with E-state index in [2.05, 4.69) is 16.0 Å². The van der Waals surface area contributed by atoms with Crippen molar-refractivity contribution >= 4 is 41.7 Å². The molecule has 0 saturated carbocycles. The Bertz CT molecular complexity index is 813. The second-order valence-electron chi connectivity index (χ2n) is 6.23. The highest BCUT2D eigenvalue weighted by Gasteiger charge is 2.19. The van der Waals surface area contributed by atoms with Crippen LogP contribution in [0.2, 0.25) is 0 Å². The highest BCUT2D eigenvalue weighted by molar-refractivity contribution is 8.00. The fourth-order valence-electron chi connectivity index (χ4n) is 2.86. The fraction of sp³-hybridized carbons (Fsp3) is 0.300. The lowest BCUT2D eigenvalue weighted by molar-refractivity contribution is -0.113. The molecule has 1 unspecified atom stereocenters. The van der Waals surface area contributed by atoms with Crippen molar-refractivity contribution in [3.8, 4) is 5.75 Å². The van der Waals surface area contributed by atoms with E-state index in [-0.39, 0.29) is 36.0 Å². The molecule has 8 heteroatoms. The SMILES string of the molecule is COc1cccc(NC(=O)CSc2ccccc2C(=O)NC2CCNC2)c1.Cl. The zero-order chi connectivity index (χ0) is 19.1. The van der Waals surface area contributed by atoms with E-state index in [4.69, 9.17) is 4.74 Å². The number of nitrogens with one attached hydrogen (secondary N) is 3. The second kappa shape index (κ2) is 10.9. The molecule has 0 spiro atoms. The number of carbonyl (C=O) groups is 2. The predicted octanol–water partition coefficient (Wildman–Crippen LogP) is 2.94. The number of anilines is 1. The minimum Gasteiger partial charge on any atom is -0.497 e. The Morgan fingerprint density at radius 2 is 2.04 bits per heavy atom. The Morgan fingerprint density at radius 1 is 1.21 bits per heavy atom. The van der Waals surface area contributed by atoms with Crippen molar-refractivity contribution in [3.05, 3.63) is 54.1 Å². The fourth-order valence-corrected chi connectivity index (χ4v) is 3.71. The van der Waals surface area contributed by atoms with Crippen molar-refractivity contribution in [2.75, 3.05) is 31.3 Å². The van der Waals surface area contributed by atoms with Gasteiger partial charge in [-0.1, -0.05) is 18.2 Å². The first kappa shape index (κ1) is 22.1. The van der Waals surface area contributed by atoms with Crippen molar-refractivity contribution in [3.63, 3.8) is 0 Å². The molecule has 3 N–H and O–H groups in total. The zero-order valence-electron chi connectivity index (χ0n) is 15.6. The van der Waals surface area contributed by atoms with Crippen LogP contribution in [-0.4, -0.2) is 43.8 Å². The highest BCUT2D eigenvalue weighted by atomic mass is 35.5. The lowest BCUT2D eigenvalue weighted by atomic mass is 10.2. The number of ether oxygens (including phenoxy) is 1. The molecule has 6 nitrogen and oxygen atoms in total. The third kappa shape index (κ3) is 6.15. The molecule has 2 amide bonds. The van der Waals surface area contributed by atoms with Crippen LogP contribution in [0.25, 0.3) is 0 Å². The highest BCUT2D eigenvalue weighted by Crippen LogP contribution is 2.24. The van der Waals surface area contributed by atoms with Gasteiger partial charge in [0.2, 0.25) is 5.91 Å². The monoisotopic (exact) mass is 421 g/mol. The van der Waals surface area contributed by atoms with Gasteiger partial charge in [0.25, 0.3) is 5.91 Å². The Morgan fingerprint density at radius 3 is 2.79 bits per heavy atom. The van der Waals surface area contributed by atoms with Crippen LogP contribution in [0.3, 0.4) is 0 Å². The minimum atomic E-state index is -0.136. The van der Waals surface area contributed by atoms with Gasteiger partial charge < -0.3 is 20.7 Å². The minimum absolute atomic E-state index is 0. The van der Waals surface area contributed by atoms with E-state index >= 15 is 0 Å². The molecule has 0 aromatic heterocycles. The van der Waals surface area contributed by atoms with E-state index in [9.17, 15) is 9.59 Å². The summed E-state index contributed by atoms with van der Waals surface area (Å²) in [5.41, 5.74) is 1.28. The summed E-state index contributed by atoms with van der Waals surface area (Å²) >= 11 is 1.35. The maximum Gasteiger partial charge on any atom is 0.252 e. The number of amides is 2. The molecule has 1 atom stereocenters. The molecular weight excluding hydrogens is 398 g/mol. The van der Waals surface area contributed by atoms with Gasteiger partial charge in [-0.15, -0.1) is 24.2 Å². The van der Waals surface area contributed by atoms with E-state index in [1.54, 1.807) is 19.2 Å². The van der Waals surface area contributed by atoms with Gasteiger partial charge >= 0.3 is 0 Å². The van der Waals surface area contributed by atoms with Gasteiger partial charge in [-0.05, 0) is 37.2 Å². The van der Waals surface area contributed by atoms with Crippen molar-refractivity contribution in [2.24, 2.45) is 0 Å². The third-order valence-corrected chi connectivity index (χ3v) is 5.31. The Labute approximate surface area is 175 Å². The second-order valence-corrected chi connectivity index (χ2v) is 7.25. The summed E-state index contributed by atoms with van der Waals surface area (Å²) in [5, 5.41) is 9.13. The smallest absolute Gasteiger partial charge is 0.252 e. The number of hydrogen-bond donors (Lipinski definition) is 3. The average molecular weight is 422 g/mol. The summed E-state index contributed by atoms with van der Waals surface area (Å²) in [4.78, 5) is 25.6. The normalized spacial score (nSPS) is 15.4. The van der Waals surface area contributed by atoms with E-state index in [0.29, 0.717) is 17.0 Å². The van der Waals surface area contributed by atoms with Crippen LogP contribution in [0, 0.1) is 0 Å². The van der Waals surface area contributed by atoms with Gasteiger partial charge in [0.1, 0.15) is 5.75 Å². The molecule has 28 heavy (non-hydrogen) atoms. The topological polar surface area (TPSA) is 79.5 Å². The van der Waals surface area contributed by atoms with Crippen molar-refractivity contribution < 1.29 is 14.3 Å². The van der Waals surface area contributed by atoms with Gasteiger partial charge in [0, 0.05) is 29.2 Å². The summed E-state index contributed by atoms with van der Waals surface area (Å²) < 4.78 is 5.16. The first-order chi connectivity index (χ1) is 13.2. The molecule has 1 aliphatic heterocycles. The van der Waals surface area contributed by atoms with Crippen LogP contribution in [-0.2, 0) is 4.79 Å². The van der Waals surface area contributed by atoms with Crippen LogP contribution >= 0.6 is 24.2 Å². The first-order valence-corrected chi connectivity index (χ1v) is 9.81. The Hall–Kier alpha value is -2.22. The molecule has 2 aromatic carbocycles. The van der Waals surface area contributed by atoms with Crippen LogP contribution in [0.1, 0.15) is 16.8 Å². The molecule has 0 radical (unpaired) electrons. The zero-order valence-corrected chi connectivity index (χ0v) is 17.2. The van der Waals surface area contributed by atoms with Gasteiger partial charge in [-0.2, -0.15) is 0 Å². The molecule has 1 heterocycles. The van der Waals surface area contributed by atoms with E-state index in [1.807, 2.05) is 36.4 Å². The quantitative estimate of drug-likeness (QED) is 0.599. The maximum absolute atomic E-state index is 12.6. The average Bonchev–Trinajstić information content (AvgIpc) is 3.19. The first-order valence-electron chi connectivity index (χ1n) is 8.83. The Balaban J connectivity index is 0.00000280. The van der Waals surface area contributed by atoms with Crippen LogP contribution in [0.4, 0.5) is 5.69 Å². The summed E-state index contributed by atoms with van der Waals surface area (Å²) in [6.07, 6.45) is 0.935. The molecule has 1 fully saturated rings. The third-order valence-electron chi connectivity index (χ3n) is 4.24. The van der Waals surface area contributed by atoms with Crippen LogP contribution in [0.15, 0.2) is 53.4 Å². The number of carbonyl (C=O) groups excluding carboxylic acids is 2. The van der Waals surface area contributed by atoms with Gasteiger partial charge in [-0.3, -0.25) is 9.59 Å². The lowest BCUT2D eigenvalue weighted by Crippen LogP contribution is -2.36. The molecule has 2 aromatic rings. The summed E-state index contributed by atoms with van der Waals surface area (Å²) in [5.74, 6) is 0.666. The van der Waals surface area contributed by atoms with Crippen LogP contribution in [0.5, 0.6) is 5.75 Å². The molecular formula is C20H24ClN3O3S. The van der Waals surface area contributed by atoms with Gasteiger partial charge in [0.05, 0.1) is 18.4 Å². The number of rotatable bonds is 7. The molecule has 0 bridgehead atoms. The van der Waals surface area contributed by atoms with Crippen molar-refractivity contribution in [2.45, 2.75) is 17.4 Å². The van der Waals surface area contributed by atoms with Crippen LogP contribution < -0.4 is 20.7 Å². The lowest BCUT2D eigenvalue weighted by Gasteiger charge is -2.14. The molecule has 1 saturated heterocycles. The van der Waals surface area contributed by atoms with Crippen molar-refractivity contribution in [1.82, 2.24) is 10.6 Å². The molecule has 0 aliphatic carbocycles. The van der Waals surface area contributed by atoms with Gasteiger partial charge in [-0.25, -0.2) is 0 Å².